The van der Waals surface area contributed by atoms with Gasteiger partial charge in [0.15, 0.2) is 6.61 Å². The molecule has 0 saturated carbocycles. The van der Waals surface area contributed by atoms with Gasteiger partial charge in [0, 0.05) is 13.1 Å². The summed E-state index contributed by atoms with van der Waals surface area (Å²) in [6.07, 6.45) is 0.194. The molecule has 0 N–H and O–H groups in total. The maximum Gasteiger partial charge on any atom is 0.307 e. The fraction of sp³-hybridized carbons (Fsp3) is 0.500. The number of hydrogen-bond donors (Lipinski definition) is 0. The fourth-order valence-electron chi connectivity index (χ4n) is 2.04. The Labute approximate surface area is 125 Å². The number of amides is 1. The molecule has 0 atom stereocenters. The quantitative estimate of drug-likeness (QED) is 0.722. The number of methoxy groups -OCH3 is 1. The first-order chi connectivity index (χ1) is 9.96. The Balaban J connectivity index is 2.52. The van der Waals surface area contributed by atoms with Crippen molar-refractivity contribution in [2.45, 2.75) is 27.2 Å². The monoisotopic (exact) mass is 293 g/mol. The molecule has 1 rings (SSSR count). The third-order valence-electron chi connectivity index (χ3n) is 3.11. The zero-order chi connectivity index (χ0) is 15.8. The van der Waals surface area contributed by atoms with Crippen molar-refractivity contribution in [3.05, 3.63) is 29.3 Å². The Bertz CT molecular complexity index is 479. The van der Waals surface area contributed by atoms with Crippen molar-refractivity contribution in [1.82, 2.24) is 4.90 Å². The minimum absolute atomic E-state index is 0.0299. The predicted molar refractivity (Wildman–Crippen MR) is 80.3 cm³/mol. The second kappa shape index (κ2) is 8.29. The third kappa shape index (κ3) is 5.85. The van der Waals surface area contributed by atoms with Crippen LogP contribution in [-0.4, -0.2) is 43.6 Å². The maximum atomic E-state index is 12.1. The number of ether oxygens (including phenoxy) is 2. The molecular formula is C16H23NO4. The Morgan fingerprint density at radius 2 is 1.76 bits per heavy atom. The largest absolute Gasteiger partial charge is 0.484 e. The van der Waals surface area contributed by atoms with E-state index in [0.29, 0.717) is 18.8 Å². The summed E-state index contributed by atoms with van der Waals surface area (Å²) in [5, 5.41) is 0. The molecule has 0 aromatic heterocycles. The van der Waals surface area contributed by atoms with E-state index in [1.807, 2.05) is 39.0 Å². The number of nitrogens with zero attached hydrogens (tertiary/aromatic N) is 1. The van der Waals surface area contributed by atoms with Crippen molar-refractivity contribution in [3.63, 3.8) is 0 Å². The molecule has 5 heteroatoms. The summed E-state index contributed by atoms with van der Waals surface area (Å²) >= 11 is 0. The molecule has 0 aliphatic rings. The van der Waals surface area contributed by atoms with Crippen molar-refractivity contribution in [3.8, 4) is 5.75 Å². The van der Waals surface area contributed by atoms with Crippen LogP contribution in [0.2, 0.25) is 0 Å². The fourth-order valence-corrected chi connectivity index (χ4v) is 2.04. The zero-order valence-electron chi connectivity index (χ0n) is 13.1. The lowest BCUT2D eigenvalue weighted by atomic mass is 10.1. The summed E-state index contributed by atoms with van der Waals surface area (Å²) in [4.78, 5) is 24.8. The minimum atomic E-state index is -0.323. The first-order valence-corrected chi connectivity index (χ1v) is 7.02. The first-order valence-electron chi connectivity index (χ1n) is 7.02. The first kappa shape index (κ1) is 17.0. The SMILES string of the molecule is CCN(CCC(=O)OC)C(=O)COc1cc(C)cc(C)c1. The lowest BCUT2D eigenvalue weighted by Crippen LogP contribution is -2.36. The second-order valence-electron chi connectivity index (χ2n) is 4.91. The molecule has 0 fully saturated rings. The molecule has 0 saturated heterocycles. The molecular weight excluding hydrogens is 270 g/mol. The summed E-state index contributed by atoms with van der Waals surface area (Å²) in [7, 11) is 1.34. The summed E-state index contributed by atoms with van der Waals surface area (Å²) in [6.45, 7) is 6.68. The molecule has 21 heavy (non-hydrogen) atoms. The van der Waals surface area contributed by atoms with Crippen LogP contribution in [0.15, 0.2) is 18.2 Å². The van der Waals surface area contributed by atoms with Crippen LogP contribution in [0.3, 0.4) is 0 Å². The van der Waals surface area contributed by atoms with Crippen LogP contribution in [-0.2, 0) is 14.3 Å². The smallest absolute Gasteiger partial charge is 0.307 e. The summed E-state index contributed by atoms with van der Waals surface area (Å²) < 4.78 is 10.1. The van der Waals surface area contributed by atoms with E-state index in [4.69, 9.17) is 4.74 Å². The van der Waals surface area contributed by atoms with Crippen LogP contribution in [0.25, 0.3) is 0 Å². The van der Waals surface area contributed by atoms with E-state index in [0.717, 1.165) is 11.1 Å². The zero-order valence-corrected chi connectivity index (χ0v) is 13.1. The minimum Gasteiger partial charge on any atom is -0.484 e. The number of hydrogen-bond acceptors (Lipinski definition) is 4. The number of aryl methyl sites for hydroxylation is 2. The molecule has 0 spiro atoms. The molecule has 0 unspecified atom stereocenters. The van der Waals surface area contributed by atoms with Gasteiger partial charge in [0.05, 0.1) is 13.5 Å². The summed E-state index contributed by atoms with van der Waals surface area (Å²) in [5.74, 6) is 0.224. The van der Waals surface area contributed by atoms with Gasteiger partial charge in [0.2, 0.25) is 0 Å². The van der Waals surface area contributed by atoms with Gasteiger partial charge in [0.25, 0.3) is 5.91 Å². The topological polar surface area (TPSA) is 55.8 Å². The van der Waals surface area contributed by atoms with Crippen LogP contribution >= 0.6 is 0 Å². The average molecular weight is 293 g/mol. The summed E-state index contributed by atoms with van der Waals surface area (Å²) in [6, 6.07) is 5.83. The van der Waals surface area contributed by atoms with E-state index in [1.165, 1.54) is 7.11 Å². The van der Waals surface area contributed by atoms with E-state index in [-0.39, 0.29) is 24.9 Å². The number of carbonyl (C=O) groups is 2. The highest BCUT2D eigenvalue weighted by Crippen LogP contribution is 2.16. The second-order valence-corrected chi connectivity index (χ2v) is 4.91. The van der Waals surface area contributed by atoms with Crippen LogP contribution in [0.5, 0.6) is 5.75 Å². The van der Waals surface area contributed by atoms with Gasteiger partial charge in [-0.2, -0.15) is 0 Å². The molecule has 0 aliphatic carbocycles. The highest BCUT2D eigenvalue weighted by atomic mass is 16.5. The lowest BCUT2D eigenvalue weighted by Gasteiger charge is -2.20. The van der Waals surface area contributed by atoms with Gasteiger partial charge < -0.3 is 14.4 Å². The van der Waals surface area contributed by atoms with Crippen molar-refractivity contribution in [2.75, 3.05) is 26.8 Å². The average Bonchev–Trinajstić information content (AvgIpc) is 2.44. The van der Waals surface area contributed by atoms with E-state index in [9.17, 15) is 9.59 Å². The van der Waals surface area contributed by atoms with Crippen molar-refractivity contribution in [1.29, 1.82) is 0 Å². The number of likely N-dealkylation sites (N-methyl/N-ethyl adjacent to an activating group) is 1. The molecule has 116 valence electrons. The number of carbonyl (C=O) groups excluding carboxylic acids is 2. The maximum absolute atomic E-state index is 12.1. The lowest BCUT2D eigenvalue weighted by molar-refractivity contribution is -0.142. The van der Waals surface area contributed by atoms with Crippen LogP contribution < -0.4 is 4.74 Å². The van der Waals surface area contributed by atoms with Gasteiger partial charge in [-0.15, -0.1) is 0 Å². The van der Waals surface area contributed by atoms with Crippen LogP contribution in [0.1, 0.15) is 24.5 Å². The van der Waals surface area contributed by atoms with E-state index >= 15 is 0 Å². The van der Waals surface area contributed by atoms with Gasteiger partial charge in [0.1, 0.15) is 5.75 Å². The molecule has 0 heterocycles. The van der Waals surface area contributed by atoms with Gasteiger partial charge in [-0.25, -0.2) is 0 Å². The molecule has 1 amide bonds. The van der Waals surface area contributed by atoms with Gasteiger partial charge in [-0.05, 0) is 44.0 Å². The highest BCUT2D eigenvalue weighted by molar-refractivity contribution is 5.78. The van der Waals surface area contributed by atoms with Crippen molar-refractivity contribution in [2.24, 2.45) is 0 Å². The molecule has 1 aromatic rings. The summed E-state index contributed by atoms with van der Waals surface area (Å²) in [5.41, 5.74) is 2.19. The Morgan fingerprint density at radius 1 is 1.14 bits per heavy atom. The Hall–Kier alpha value is -2.04. The van der Waals surface area contributed by atoms with Crippen molar-refractivity contribution >= 4 is 11.9 Å². The van der Waals surface area contributed by atoms with E-state index < -0.39 is 0 Å². The van der Waals surface area contributed by atoms with Gasteiger partial charge in [-0.3, -0.25) is 9.59 Å². The number of esters is 1. The highest BCUT2D eigenvalue weighted by Gasteiger charge is 2.14. The molecule has 0 aliphatic heterocycles. The Kier molecular flexibility index (Phi) is 6.72. The van der Waals surface area contributed by atoms with Gasteiger partial charge in [-0.1, -0.05) is 6.07 Å². The molecule has 0 radical (unpaired) electrons. The number of rotatable bonds is 7. The molecule has 5 nitrogen and oxygen atoms in total. The van der Waals surface area contributed by atoms with E-state index in [1.54, 1.807) is 4.90 Å². The normalized spacial score (nSPS) is 10.1. The van der Waals surface area contributed by atoms with Crippen molar-refractivity contribution < 1.29 is 19.1 Å². The molecule has 0 bridgehead atoms. The third-order valence-corrected chi connectivity index (χ3v) is 3.11. The number of benzene rings is 1. The standard InChI is InChI=1S/C16H23NO4/c1-5-17(7-6-16(19)20-4)15(18)11-21-14-9-12(2)8-13(3)10-14/h8-10H,5-7,11H2,1-4H3. The van der Waals surface area contributed by atoms with Crippen LogP contribution in [0, 0.1) is 13.8 Å². The predicted octanol–water partition coefficient (Wildman–Crippen LogP) is 2.09. The Morgan fingerprint density at radius 3 is 2.29 bits per heavy atom. The molecule has 1 aromatic carbocycles. The van der Waals surface area contributed by atoms with Gasteiger partial charge >= 0.3 is 5.97 Å². The van der Waals surface area contributed by atoms with E-state index in [2.05, 4.69) is 4.74 Å². The van der Waals surface area contributed by atoms with Crippen LogP contribution in [0.4, 0.5) is 0 Å².